The Hall–Kier alpha value is -4.77. The van der Waals surface area contributed by atoms with Crippen molar-refractivity contribution in [2.45, 2.75) is 51.6 Å². The number of hydrogen-bond donors (Lipinski definition) is 1. The third-order valence-electron chi connectivity index (χ3n) is 8.84. The van der Waals surface area contributed by atoms with E-state index in [0.717, 1.165) is 36.3 Å². The van der Waals surface area contributed by atoms with Crippen molar-refractivity contribution in [2.24, 2.45) is 0 Å². The highest BCUT2D eigenvalue weighted by molar-refractivity contribution is 7.13. The summed E-state index contributed by atoms with van der Waals surface area (Å²) in [6.45, 7) is 4.00. The second-order valence-corrected chi connectivity index (χ2v) is 12.9. The minimum atomic E-state index is 0.128. The predicted octanol–water partition coefficient (Wildman–Crippen LogP) is 11.4. The number of fused-ring (bicyclic) bond motifs is 5. The van der Waals surface area contributed by atoms with Crippen molar-refractivity contribution in [2.75, 3.05) is 4.90 Å². The van der Waals surface area contributed by atoms with Gasteiger partial charge in [0, 0.05) is 34.4 Å². The van der Waals surface area contributed by atoms with E-state index < -0.39 is 0 Å². The molecule has 4 bridgehead atoms. The monoisotopic (exact) mass is 631 g/mol. The minimum absolute atomic E-state index is 0.128. The summed E-state index contributed by atoms with van der Waals surface area (Å²) in [7, 11) is 0. The van der Waals surface area contributed by atoms with Gasteiger partial charge in [-0.05, 0) is 89.6 Å². The van der Waals surface area contributed by atoms with Gasteiger partial charge in [0.1, 0.15) is 5.01 Å². The lowest BCUT2D eigenvalue weighted by Crippen LogP contribution is -2.28. The highest BCUT2D eigenvalue weighted by Crippen LogP contribution is 2.39. The first-order chi connectivity index (χ1) is 23.3. The van der Waals surface area contributed by atoms with Gasteiger partial charge in [-0.1, -0.05) is 117 Å². The molecule has 3 aromatic carbocycles. The number of nitrogens with zero attached hydrogens (tertiary/aromatic N) is 2. The molecule has 0 radical (unpaired) electrons. The van der Waals surface area contributed by atoms with Crippen LogP contribution in [-0.4, -0.2) is 11.0 Å². The zero-order valence-electron chi connectivity index (χ0n) is 27.1. The molecule has 8 rings (SSSR count). The summed E-state index contributed by atoms with van der Waals surface area (Å²) in [6.07, 6.45) is 27.3. The van der Waals surface area contributed by atoms with E-state index in [1.165, 1.54) is 49.9 Å². The molecule has 0 saturated carbocycles. The Balaban J connectivity index is 0.00000172. The highest BCUT2D eigenvalue weighted by atomic mass is 32.1. The molecule has 2 unspecified atom stereocenters. The standard InChI is InChI=1S/C41H35N3S.C2H6/c1-2-6-13-30(12-5-1)41-43-38-19-11-14-31-28-39(40(38)45-41)42-34-23-20-32(26-33(31)27-34)29-21-24-37(25-22-29)44(35-15-7-3-8-16-35)36-17-9-4-10-18-36;1-2/h1,3-5,7-12,14-18,20-28,34,39,42H,2,6,13,19H2;1-2H3/b14-11-;. The molecule has 0 fully saturated rings. The summed E-state index contributed by atoms with van der Waals surface area (Å²) in [5, 5.41) is 5.11. The zero-order chi connectivity index (χ0) is 32.0. The fraction of sp³-hybridized carbons (Fsp3) is 0.186. The molecule has 1 aliphatic heterocycles. The number of para-hydroxylation sites is 2. The number of nitrogens with one attached hydrogen (secondary N) is 1. The molecule has 0 spiro atoms. The number of allylic oxidation sites excluding steroid dienone is 11. The lowest BCUT2D eigenvalue weighted by molar-refractivity contribution is 0.614. The summed E-state index contributed by atoms with van der Waals surface area (Å²) in [4.78, 5) is 8.80. The SMILES string of the molecule is C1=CCCCC(c2nc3c(s2)C2C=C(/C=C\C3)C3=CC(C=CC(c4ccc(N(c5ccccc5)c5ccccc5)cc4)=C3)N2)=C1.CC. The van der Waals surface area contributed by atoms with Crippen LogP contribution >= 0.6 is 11.3 Å². The Morgan fingerprint density at radius 1 is 0.766 bits per heavy atom. The maximum atomic E-state index is 5.15. The van der Waals surface area contributed by atoms with Crippen LogP contribution in [-0.2, 0) is 6.42 Å². The zero-order valence-corrected chi connectivity index (χ0v) is 28.0. The Bertz CT molecular complexity index is 1880. The van der Waals surface area contributed by atoms with E-state index in [1.54, 1.807) is 0 Å². The molecule has 1 N–H and O–H groups in total. The van der Waals surface area contributed by atoms with Crippen molar-refractivity contribution >= 4 is 39.5 Å². The second kappa shape index (κ2) is 14.3. The Kier molecular flexibility index (Phi) is 9.41. The normalized spacial score (nSPS) is 20.2. The van der Waals surface area contributed by atoms with Gasteiger partial charge in [-0.2, -0.15) is 0 Å². The average Bonchev–Trinajstić information content (AvgIpc) is 3.31. The van der Waals surface area contributed by atoms with E-state index in [4.69, 9.17) is 4.98 Å². The van der Waals surface area contributed by atoms with Gasteiger partial charge >= 0.3 is 0 Å². The number of rotatable bonds is 5. The molecule has 47 heavy (non-hydrogen) atoms. The lowest BCUT2D eigenvalue weighted by Gasteiger charge is -2.25. The molecular weight excluding hydrogens is 591 g/mol. The third-order valence-corrected chi connectivity index (χ3v) is 10.1. The van der Waals surface area contributed by atoms with Gasteiger partial charge < -0.3 is 4.90 Å². The average molecular weight is 632 g/mol. The summed E-state index contributed by atoms with van der Waals surface area (Å²) in [5.41, 5.74) is 10.9. The molecule has 0 amide bonds. The van der Waals surface area contributed by atoms with Crippen LogP contribution in [0.15, 0.2) is 157 Å². The van der Waals surface area contributed by atoms with E-state index in [0.29, 0.717) is 0 Å². The first-order valence-electron chi connectivity index (χ1n) is 16.9. The van der Waals surface area contributed by atoms with E-state index in [-0.39, 0.29) is 12.1 Å². The van der Waals surface area contributed by atoms with E-state index in [1.807, 2.05) is 25.2 Å². The molecule has 234 valence electrons. The van der Waals surface area contributed by atoms with Crippen LogP contribution in [0.4, 0.5) is 17.1 Å². The van der Waals surface area contributed by atoms with Crippen molar-refractivity contribution in [1.29, 1.82) is 0 Å². The molecule has 2 atom stereocenters. The molecule has 2 heterocycles. The smallest absolute Gasteiger partial charge is 0.119 e. The molecule has 1 aromatic heterocycles. The molecule has 3 nitrogen and oxygen atoms in total. The number of aromatic nitrogens is 1. The van der Waals surface area contributed by atoms with Gasteiger partial charge in [0.15, 0.2) is 0 Å². The summed E-state index contributed by atoms with van der Waals surface area (Å²) in [5.74, 6) is 0. The highest BCUT2D eigenvalue weighted by Gasteiger charge is 2.26. The predicted molar refractivity (Wildman–Crippen MR) is 201 cm³/mol. The Morgan fingerprint density at radius 3 is 2.23 bits per heavy atom. The third kappa shape index (κ3) is 6.71. The fourth-order valence-electron chi connectivity index (χ4n) is 6.56. The van der Waals surface area contributed by atoms with Crippen LogP contribution in [0.25, 0.3) is 11.1 Å². The van der Waals surface area contributed by atoms with Crippen molar-refractivity contribution < 1.29 is 0 Å². The topological polar surface area (TPSA) is 28.2 Å². The number of anilines is 3. The number of thiazole rings is 1. The summed E-state index contributed by atoms with van der Waals surface area (Å²) >= 11 is 1.87. The lowest BCUT2D eigenvalue weighted by atomic mass is 9.96. The van der Waals surface area contributed by atoms with Gasteiger partial charge in [-0.15, -0.1) is 11.3 Å². The van der Waals surface area contributed by atoms with Crippen molar-refractivity contribution in [1.82, 2.24) is 10.3 Å². The molecule has 4 aromatic rings. The van der Waals surface area contributed by atoms with Crippen molar-refractivity contribution in [3.8, 4) is 0 Å². The van der Waals surface area contributed by atoms with Crippen molar-refractivity contribution in [3.63, 3.8) is 0 Å². The Labute approximate surface area is 283 Å². The van der Waals surface area contributed by atoms with Crippen LogP contribution in [0.3, 0.4) is 0 Å². The first-order valence-corrected chi connectivity index (χ1v) is 17.7. The summed E-state index contributed by atoms with van der Waals surface area (Å²) < 4.78 is 0. The van der Waals surface area contributed by atoms with Crippen LogP contribution in [0.5, 0.6) is 0 Å². The van der Waals surface area contributed by atoms with E-state index in [2.05, 4.69) is 156 Å². The van der Waals surface area contributed by atoms with Crippen LogP contribution < -0.4 is 10.2 Å². The Morgan fingerprint density at radius 2 is 1.49 bits per heavy atom. The number of benzene rings is 3. The summed E-state index contributed by atoms with van der Waals surface area (Å²) in [6, 6.07) is 30.3. The van der Waals surface area contributed by atoms with E-state index >= 15 is 0 Å². The first kappa shape index (κ1) is 30.9. The van der Waals surface area contributed by atoms with Gasteiger partial charge in [0.05, 0.1) is 11.7 Å². The number of hydrogen-bond acceptors (Lipinski definition) is 4. The van der Waals surface area contributed by atoms with Crippen LogP contribution in [0.2, 0.25) is 0 Å². The second-order valence-electron chi connectivity index (χ2n) is 11.9. The maximum absolute atomic E-state index is 5.15. The molecule has 4 aliphatic rings. The largest absolute Gasteiger partial charge is 0.311 e. The molecule has 4 heteroatoms. The maximum Gasteiger partial charge on any atom is 0.119 e. The van der Waals surface area contributed by atoms with Crippen LogP contribution in [0, 0.1) is 0 Å². The van der Waals surface area contributed by atoms with Crippen LogP contribution in [0.1, 0.15) is 60.3 Å². The van der Waals surface area contributed by atoms with E-state index in [9.17, 15) is 0 Å². The van der Waals surface area contributed by atoms with Gasteiger partial charge in [-0.25, -0.2) is 4.98 Å². The minimum Gasteiger partial charge on any atom is -0.311 e. The fourth-order valence-corrected chi connectivity index (χ4v) is 7.74. The van der Waals surface area contributed by atoms with Gasteiger partial charge in [0.25, 0.3) is 0 Å². The molecular formula is C43H41N3S. The quantitative estimate of drug-likeness (QED) is 0.238. The van der Waals surface area contributed by atoms with Gasteiger partial charge in [0.2, 0.25) is 0 Å². The molecule has 3 aliphatic carbocycles. The van der Waals surface area contributed by atoms with Crippen molar-refractivity contribution in [3.05, 3.63) is 178 Å². The van der Waals surface area contributed by atoms with Gasteiger partial charge in [-0.3, -0.25) is 5.32 Å². The molecule has 0 saturated heterocycles.